The molecule has 1 fully saturated rings. The molecule has 2 heteroatoms. The van der Waals surface area contributed by atoms with Crippen molar-refractivity contribution in [2.45, 2.75) is 66.7 Å². The zero-order valence-electron chi connectivity index (χ0n) is 13.8. The summed E-state index contributed by atoms with van der Waals surface area (Å²) in [4.78, 5) is 11.0. The topological polar surface area (TPSA) is 26.3 Å². The molecule has 0 bridgehead atoms. The normalized spacial score (nSPS) is 36.0. The predicted molar refractivity (Wildman–Crippen MR) is 82.3 cm³/mol. The molecule has 0 aliphatic heterocycles. The van der Waals surface area contributed by atoms with Crippen LogP contribution in [0, 0.1) is 22.7 Å². The van der Waals surface area contributed by atoms with Gasteiger partial charge < -0.3 is 4.74 Å². The second kappa shape index (κ2) is 5.54. The van der Waals surface area contributed by atoms with Crippen LogP contribution < -0.4 is 0 Å². The number of carbonyl (C=O) groups excluding carboxylic acids is 1. The molecule has 0 aromatic rings. The van der Waals surface area contributed by atoms with Gasteiger partial charge in [-0.05, 0) is 54.8 Å². The van der Waals surface area contributed by atoms with E-state index < -0.39 is 0 Å². The highest BCUT2D eigenvalue weighted by molar-refractivity contribution is 5.65. The summed E-state index contributed by atoms with van der Waals surface area (Å²) in [6, 6.07) is 0. The molecule has 2 aliphatic carbocycles. The lowest BCUT2D eigenvalue weighted by atomic mass is 9.52. The van der Waals surface area contributed by atoms with Crippen molar-refractivity contribution in [3.63, 3.8) is 0 Å². The van der Waals surface area contributed by atoms with Gasteiger partial charge in [0.25, 0.3) is 0 Å². The maximum atomic E-state index is 11.0. The van der Waals surface area contributed by atoms with Crippen LogP contribution in [-0.4, -0.2) is 12.6 Å². The van der Waals surface area contributed by atoms with Gasteiger partial charge in [-0.2, -0.15) is 0 Å². The van der Waals surface area contributed by atoms with Gasteiger partial charge >= 0.3 is 5.97 Å². The minimum absolute atomic E-state index is 0.161. The first-order valence-electron chi connectivity index (χ1n) is 8.11. The van der Waals surface area contributed by atoms with Crippen molar-refractivity contribution in [2.24, 2.45) is 22.7 Å². The maximum Gasteiger partial charge on any atom is 0.302 e. The van der Waals surface area contributed by atoms with Crippen molar-refractivity contribution in [2.75, 3.05) is 6.61 Å². The predicted octanol–water partition coefficient (Wildman–Crippen LogP) is 4.74. The third-order valence-corrected chi connectivity index (χ3v) is 6.03. The molecule has 0 saturated heterocycles. The van der Waals surface area contributed by atoms with Gasteiger partial charge in [-0.15, -0.1) is 0 Å². The Kier molecular flexibility index (Phi) is 4.32. The van der Waals surface area contributed by atoms with E-state index in [-0.39, 0.29) is 11.4 Å². The largest absolute Gasteiger partial charge is 0.466 e. The minimum atomic E-state index is -0.161. The van der Waals surface area contributed by atoms with Crippen molar-refractivity contribution in [3.8, 4) is 0 Å². The molecule has 0 heterocycles. The van der Waals surface area contributed by atoms with Crippen LogP contribution in [0.2, 0.25) is 0 Å². The molecule has 0 spiro atoms. The summed E-state index contributed by atoms with van der Waals surface area (Å²) >= 11 is 0. The molecule has 20 heavy (non-hydrogen) atoms. The van der Waals surface area contributed by atoms with Gasteiger partial charge in [0.15, 0.2) is 0 Å². The van der Waals surface area contributed by atoms with E-state index in [9.17, 15) is 4.79 Å². The Bertz CT molecular complexity index is 408. The van der Waals surface area contributed by atoms with Crippen molar-refractivity contribution in [1.29, 1.82) is 0 Å². The molecule has 0 unspecified atom stereocenters. The fraction of sp³-hybridized carbons (Fsp3) is 0.833. The highest BCUT2D eigenvalue weighted by Crippen LogP contribution is 2.57. The number of esters is 1. The third-order valence-electron chi connectivity index (χ3n) is 6.03. The lowest BCUT2D eigenvalue weighted by Gasteiger charge is -2.53. The Morgan fingerprint density at radius 2 is 2.05 bits per heavy atom. The summed E-state index contributed by atoms with van der Waals surface area (Å²) in [6.07, 6.45) is 8.58. The molecular weight excluding hydrogens is 248 g/mol. The van der Waals surface area contributed by atoms with Crippen LogP contribution in [0.4, 0.5) is 0 Å². The first-order valence-corrected chi connectivity index (χ1v) is 8.11. The number of ether oxygens (including phenoxy) is 1. The van der Waals surface area contributed by atoms with E-state index in [4.69, 9.17) is 4.74 Å². The van der Waals surface area contributed by atoms with Crippen molar-refractivity contribution in [3.05, 3.63) is 11.6 Å². The second-order valence-electron chi connectivity index (χ2n) is 7.73. The third kappa shape index (κ3) is 2.80. The quantitative estimate of drug-likeness (QED) is 0.550. The Morgan fingerprint density at radius 3 is 2.70 bits per heavy atom. The Labute approximate surface area is 124 Å². The van der Waals surface area contributed by atoms with Crippen LogP contribution in [0.3, 0.4) is 0 Å². The Hall–Kier alpha value is -0.790. The van der Waals surface area contributed by atoms with E-state index in [1.54, 1.807) is 5.57 Å². The molecule has 114 valence electrons. The molecule has 1 saturated carbocycles. The van der Waals surface area contributed by atoms with Gasteiger partial charge in [0.1, 0.15) is 0 Å². The minimum Gasteiger partial charge on any atom is -0.466 e. The summed E-state index contributed by atoms with van der Waals surface area (Å²) in [5.41, 5.74) is 2.28. The van der Waals surface area contributed by atoms with E-state index in [1.165, 1.54) is 32.6 Å². The van der Waals surface area contributed by atoms with Crippen molar-refractivity contribution >= 4 is 5.97 Å². The fourth-order valence-corrected chi connectivity index (χ4v) is 4.33. The zero-order valence-corrected chi connectivity index (χ0v) is 13.8. The van der Waals surface area contributed by atoms with Crippen LogP contribution in [0.25, 0.3) is 0 Å². The van der Waals surface area contributed by atoms with Gasteiger partial charge in [0.05, 0.1) is 6.61 Å². The second-order valence-corrected chi connectivity index (χ2v) is 7.73. The van der Waals surface area contributed by atoms with E-state index in [0.717, 1.165) is 12.3 Å². The lowest BCUT2D eigenvalue weighted by molar-refractivity contribution is -0.141. The highest BCUT2D eigenvalue weighted by atomic mass is 16.5. The van der Waals surface area contributed by atoms with Crippen molar-refractivity contribution < 1.29 is 9.53 Å². The molecule has 0 N–H and O–H groups in total. The van der Waals surface area contributed by atoms with Gasteiger partial charge in [-0.1, -0.05) is 39.3 Å². The van der Waals surface area contributed by atoms with Gasteiger partial charge in [0.2, 0.25) is 0 Å². The number of hydrogen-bond acceptors (Lipinski definition) is 2. The van der Waals surface area contributed by atoms with E-state index in [1.807, 2.05) is 0 Å². The molecule has 2 rings (SSSR count). The average molecular weight is 278 g/mol. The fourth-order valence-electron chi connectivity index (χ4n) is 4.33. The standard InChI is InChI=1S/C18H30O2/c1-13-8-9-15-16(7-6-10-17(15,3)4)18(13,5)11-12-20-14(2)19/h7,13,15H,6,8-12H2,1-5H3/t13-,15+,18+/m1/s1. The molecule has 2 nitrogen and oxygen atoms in total. The van der Waals surface area contributed by atoms with Crippen LogP contribution in [-0.2, 0) is 9.53 Å². The van der Waals surface area contributed by atoms with Crippen LogP contribution in [0.5, 0.6) is 0 Å². The van der Waals surface area contributed by atoms with Crippen LogP contribution in [0.1, 0.15) is 66.7 Å². The highest BCUT2D eigenvalue weighted by Gasteiger charge is 2.47. The smallest absolute Gasteiger partial charge is 0.302 e. The molecule has 3 atom stereocenters. The summed E-state index contributed by atoms with van der Waals surface area (Å²) < 4.78 is 5.22. The number of fused-ring (bicyclic) bond motifs is 1. The number of hydrogen-bond donors (Lipinski definition) is 0. The van der Waals surface area contributed by atoms with Gasteiger partial charge in [-0.3, -0.25) is 4.79 Å². The molecule has 0 aromatic heterocycles. The monoisotopic (exact) mass is 278 g/mol. The first-order chi connectivity index (χ1) is 9.27. The molecule has 0 radical (unpaired) electrons. The number of carbonyl (C=O) groups is 1. The summed E-state index contributed by atoms with van der Waals surface area (Å²) in [5, 5.41) is 0. The SMILES string of the molecule is CC(=O)OCC[C@]1(C)C2=CCCC(C)(C)[C@H]2CC[C@H]1C. The molecular formula is C18H30O2. The molecule has 0 amide bonds. The zero-order chi connectivity index (χ0) is 15.0. The summed E-state index contributed by atoms with van der Waals surface area (Å²) in [6.45, 7) is 11.7. The number of allylic oxidation sites excluding steroid dienone is 2. The van der Waals surface area contributed by atoms with Crippen LogP contribution in [0.15, 0.2) is 11.6 Å². The van der Waals surface area contributed by atoms with E-state index in [0.29, 0.717) is 17.9 Å². The van der Waals surface area contributed by atoms with Gasteiger partial charge in [0, 0.05) is 6.92 Å². The first kappa shape index (κ1) is 15.6. The Balaban J connectivity index is 2.20. The number of rotatable bonds is 3. The molecule has 2 aliphatic rings. The van der Waals surface area contributed by atoms with E-state index >= 15 is 0 Å². The summed E-state index contributed by atoms with van der Waals surface area (Å²) in [7, 11) is 0. The Morgan fingerprint density at radius 1 is 1.35 bits per heavy atom. The van der Waals surface area contributed by atoms with Crippen molar-refractivity contribution in [1.82, 2.24) is 0 Å². The van der Waals surface area contributed by atoms with E-state index in [2.05, 4.69) is 33.8 Å². The maximum absolute atomic E-state index is 11.0. The average Bonchev–Trinajstić information content (AvgIpc) is 2.33. The van der Waals surface area contributed by atoms with Crippen LogP contribution >= 0.6 is 0 Å². The molecule has 0 aromatic carbocycles. The lowest BCUT2D eigenvalue weighted by Crippen LogP contribution is -2.43. The van der Waals surface area contributed by atoms with Gasteiger partial charge in [-0.25, -0.2) is 0 Å². The summed E-state index contributed by atoms with van der Waals surface area (Å²) in [5.74, 6) is 1.23.